The van der Waals surface area contributed by atoms with Crippen molar-refractivity contribution < 1.29 is 0 Å². The lowest BCUT2D eigenvalue weighted by Gasteiger charge is -2.45. The molecule has 1 heterocycles. The first-order valence-corrected chi connectivity index (χ1v) is 6.03. The first-order valence-electron chi connectivity index (χ1n) is 6.03. The number of rotatable bonds is 2. The van der Waals surface area contributed by atoms with Gasteiger partial charge in [-0.3, -0.25) is 4.99 Å². The molecule has 2 nitrogen and oxygen atoms in total. The van der Waals surface area contributed by atoms with Crippen LogP contribution in [-0.4, -0.2) is 23.3 Å². The minimum absolute atomic E-state index is 0.209. The summed E-state index contributed by atoms with van der Waals surface area (Å²) in [5.74, 6) is 0.561. The Kier molecular flexibility index (Phi) is 3.59. The van der Waals surface area contributed by atoms with E-state index in [1.54, 1.807) is 0 Å². The van der Waals surface area contributed by atoms with Crippen LogP contribution in [0.2, 0.25) is 0 Å². The number of hydrogen-bond acceptors (Lipinski definition) is 2. The van der Waals surface area contributed by atoms with Crippen molar-refractivity contribution in [3.8, 4) is 0 Å². The lowest BCUT2D eigenvalue weighted by atomic mass is 9.80. The Morgan fingerprint density at radius 3 is 2.00 bits per heavy atom. The van der Waals surface area contributed by atoms with Crippen molar-refractivity contribution in [2.45, 2.75) is 71.5 Å². The third kappa shape index (κ3) is 4.33. The molecule has 1 saturated heterocycles. The van der Waals surface area contributed by atoms with E-state index in [9.17, 15) is 0 Å². The van der Waals surface area contributed by atoms with Crippen molar-refractivity contribution in [3.63, 3.8) is 0 Å². The Hall–Kier alpha value is -0.370. The van der Waals surface area contributed by atoms with Crippen LogP contribution in [0, 0.1) is 5.92 Å². The maximum absolute atomic E-state index is 4.71. The summed E-state index contributed by atoms with van der Waals surface area (Å²) in [5.41, 5.74) is 0.418. The van der Waals surface area contributed by atoms with Gasteiger partial charge in [-0.25, -0.2) is 0 Å². The van der Waals surface area contributed by atoms with Crippen LogP contribution in [0.25, 0.3) is 0 Å². The molecular formula is C13H26N2. The molecular weight excluding hydrogens is 184 g/mol. The molecule has 0 amide bonds. The molecule has 0 aliphatic carbocycles. The smallest absolute Gasteiger partial charge is 0.0530 e. The molecule has 0 spiro atoms. The molecule has 0 aromatic heterocycles. The van der Waals surface area contributed by atoms with Gasteiger partial charge < -0.3 is 5.32 Å². The van der Waals surface area contributed by atoms with E-state index in [1.165, 1.54) is 0 Å². The van der Waals surface area contributed by atoms with Gasteiger partial charge in [-0.2, -0.15) is 0 Å². The van der Waals surface area contributed by atoms with Crippen LogP contribution in [0.3, 0.4) is 0 Å². The second kappa shape index (κ2) is 4.25. The van der Waals surface area contributed by atoms with Gasteiger partial charge in [-0.05, 0) is 46.5 Å². The highest BCUT2D eigenvalue weighted by molar-refractivity contribution is 5.59. The third-order valence-electron chi connectivity index (χ3n) is 2.76. The first-order chi connectivity index (χ1) is 6.70. The quantitative estimate of drug-likeness (QED) is 0.696. The lowest BCUT2D eigenvalue weighted by Crippen LogP contribution is -2.58. The zero-order valence-corrected chi connectivity index (χ0v) is 11.1. The van der Waals surface area contributed by atoms with Gasteiger partial charge in [0, 0.05) is 17.3 Å². The predicted octanol–water partition coefficient (Wildman–Crippen LogP) is 3.02. The number of hydrogen-bond donors (Lipinski definition) is 1. The van der Waals surface area contributed by atoms with Gasteiger partial charge in [0.15, 0.2) is 0 Å². The van der Waals surface area contributed by atoms with Gasteiger partial charge in [-0.1, -0.05) is 13.8 Å². The number of piperidine rings is 1. The Bertz CT molecular complexity index is 223. The van der Waals surface area contributed by atoms with Gasteiger partial charge in [0.1, 0.15) is 0 Å². The predicted molar refractivity (Wildman–Crippen MR) is 67.6 cm³/mol. The minimum atomic E-state index is 0.209. The number of nitrogens with one attached hydrogen (secondary N) is 1. The molecule has 1 aliphatic heterocycles. The van der Waals surface area contributed by atoms with E-state index < -0.39 is 0 Å². The fourth-order valence-electron chi connectivity index (χ4n) is 2.67. The van der Waals surface area contributed by atoms with Gasteiger partial charge in [-0.15, -0.1) is 0 Å². The summed E-state index contributed by atoms with van der Waals surface area (Å²) < 4.78 is 0. The topological polar surface area (TPSA) is 24.4 Å². The SMILES string of the molecule is CC(C)C=NC1CC(C)(C)NC(C)(C)C1. The van der Waals surface area contributed by atoms with Gasteiger partial charge in [0.25, 0.3) is 0 Å². The zero-order chi connectivity index (χ0) is 11.7. The average Bonchev–Trinajstić information content (AvgIpc) is 1.94. The molecule has 0 aromatic rings. The fourth-order valence-corrected chi connectivity index (χ4v) is 2.67. The summed E-state index contributed by atoms with van der Waals surface area (Å²) >= 11 is 0. The number of nitrogens with zero attached hydrogens (tertiary/aromatic N) is 1. The molecule has 0 bridgehead atoms. The molecule has 2 heteroatoms. The van der Waals surface area contributed by atoms with E-state index in [0.29, 0.717) is 12.0 Å². The van der Waals surface area contributed by atoms with E-state index in [2.05, 4.69) is 53.1 Å². The monoisotopic (exact) mass is 210 g/mol. The molecule has 15 heavy (non-hydrogen) atoms. The van der Waals surface area contributed by atoms with E-state index in [-0.39, 0.29) is 11.1 Å². The molecule has 1 aliphatic rings. The molecule has 1 rings (SSSR count). The highest BCUT2D eigenvalue weighted by Crippen LogP contribution is 2.30. The van der Waals surface area contributed by atoms with Crippen molar-refractivity contribution in [1.29, 1.82) is 0 Å². The second-order valence-corrected chi connectivity index (χ2v) is 6.50. The summed E-state index contributed by atoms with van der Waals surface area (Å²) in [6.07, 6.45) is 4.38. The van der Waals surface area contributed by atoms with Crippen molar-refractivity contribution in [3.05, 3.63) is 0 Å². The Morgan fingerprint density at radius 2 is 1.60 bits per heavy atom. The van der Waals surface area contributed by atoms with Crippen LogP contribution in [0.1, 0.15) is 54.4 Å². The summed E-state index contributed by atoms with van der Waals surface area (Å²) in [7, 11) is 0. The largest absolute Gasteiger partial charge is 0.307 e. The fraction of sp³-hybridized carbons (Fsp3) is 0.923. The first kappa shape index (κ1) is 12.7. The molecule has 88 valence electrons. The molecule has 0 aromatic carbocycles. The van der Waals surface area contributed by atoms with Crippen LogP contribution in [-0.2, 0) is 0 Å². The van der Waals surface area contributed by atoms with Crippen LogP contribution < -0.4 is 5.32 Å². The Balaban J connectivity index is 2.67. The summed E-state index contributed by atoms with van der Waals surface area (Å²) in [4.78, 5) is 4.71. The van der Waals surface area contributed by atoms with Crippen LogP contribution in [0.4, 0.5) is 0 Å². The van der Waals surface area contributed by atoms with Crippen molar-refractivity contribution in [2.75, 3.05) is 0 Å². The van der Waals surface area contributed by atoms with Crippen molar-refractivity contribution in [2.24, 2.45) is 10.9 Å². The average molecular weight is 210 g/mol. The van der Waals surface area contributed by atoms with Crippen LogP contribution in [0.15, 0.2) is 4.99 Å². The molecule has 1 N–H and O–H groups in total. The van der Waals surface area contributed by atoms with E-state index >= 15 is 0 Å². The summed E-state index contributed by atoms with van der Waals surface area (Å²) in [6, 6.07) is 0.485. The van der Waals surface area contributed by atoms with Gasteiger partial charge in [0.05, 0.1) is 6.04 Å². The lowest BCUT2D eigenvalue weighted by molar-refractivity contribution is 0.164. The minimum Gasteiger partial charge on any atom is -0.307 e. The van der Waals surface area contributed by atoms with E-state index in [4.69, 9.17) is 4.99 Å². The van der Waals surface area contributed by atoms with Crippen LogP contribution in [0.5, 0.6) is 0 Å². The maximum Gasteiger partial charge on any atom is 0.0530 e. The van der Waals surface area contributed by atoms with Crippen molar-refractivity contribution in [1.82, 2.24) is 5.32 Å². The highest BCUT2D eigenvalue weighted by Gasteiger charge is 2.37. The summed E-state index contributed by atoms with van der Waals surface area (Å²) in [5, 5.41) is 3.68. The van der Waals surface area contributed by atoms with E-state index in [1.807, 2.05) is 0 Å². The normalized spacial score (nSPS) is 26.3. The maximum atomic E-state index is 4.71. The van der Waals surface area contributed by atoms with E-state index in [0.717, 1.165) is 12.8 Å². The van der Waals surface area contributed by atoms with Gasteiger partial charge >= 0.3 is 0 Å². The standard InChI is InChI=1S/C13H26N2/c1-10(2)9-14-11-7-12(3,4)15-13(5,6)8-11/h9-11,15H,7-8H2,1-6H3. The van der Waals surface area contributed by atoms with Gasteiger partial charge in [0.2, 0.25) is 0 Å². The second-order valence-electron chi connectivity index (χ2n) is 6.50. The molecule has 1 fully saturated rings. The summed E-state index contributed by atoms with van der Waals surface area (Å²) in [6.45, 7) is 13.4. The third-order valence-corrected chi connectivity index (χ3v) is 2.76. The zero-order valence-electron chi connectivity index (χ0n) is 11.1. The number of aliphatic imine (C=N–C) groups is 1. The van der Waals surface area contributed by atoms with Crippen LogP contribution >= 0.6 is 0 Å². The molecule has 0 unspecified atom stereocenters. The molecule has 0 radical (unpaired) electrons. The molecule has 0 saturated carbocycles. The van der Waals surface area contributed by atoms with Crippen molar-refractivity contribution >= 4 is 6.21 Å². The Labute approximate surface area is 94.6 Å². The Morgan fingerprint density at radius 1 is 1.13 bits per heavy atom. The highest BCUT2D eigenvalue weighted by atomic mass is 15.1. The molecule has 0 atom stereocenters.